The molecular formula is C16H20N2O2. The minimum atomic E-state index is -0.873. The largest absolute Gasteiger partial charge is 0.274 e. The van der Waals surface area contributed by atoms with E-state index in [-0.39, 0.29) is 23.7 Å². The zero-order valence-electron chi connectivity index (χ0n) is 11.7. The Morgan fingerprint density at radius 3 is 1.95 bits per heavy atom. The maximum Gasteiger partial charge on any atom is 0.234 e. The van der Waals surface area contributed by atoms with Crippen LogP contribution in [0.2, 0.25) is 0 Å². The fraction of sp³-hybridized carbons (Fsp3) is 0.688. The first kappa shape index (κ1) is 13.4. The van der Waals surface area contributed by atoms with Gasteiger partial charge in [0.1, 0.15) is 5.54 Å². The topological polar surface area (TPSA) is 61.2 Å². The van der Waals surface area contributed by atoms with Crippen LogP contribution in [0.5, 0.6) is 0 Å². The SMILES string of the molecule is N#CC1(N2C(=O)C3CC=CCC3C2=O)CCCCCC1. The fourth-order valence-electron chi connectivity index (χ4n) is 3.92. The van der Waals surface area contributed by atoms with Crippen LogP contribution >= 0.6 is 0 Å². The van der Waals surface area contributed by atoms with Gasteiger partial charge >= 0.3 is 0 Å². The summed E-state index contributed by atoms with van der Waals surface area (Å²) in [5, 5.41) is 9.68. The van der Waals surface area contributed by atoms with Crippen molar-refractivity contribution in [1.29, 1.82) is 5.26 Å². The third kappa shape index (κ3) is 1.88. The van der Waals surface area contributed by atoms with Crippen molar-refractivity contribution in [2.24, 2.45) is 11.8 Å². The molecule has 20 heavy (non-hydrogen) atoms. The number of nitrogens with zero attached hydrogens (tertiary/aromatic N) is 2. The number of likely N-dealkylation sites (tertiary alicyclic amines) is 1. The van der Waals surface area contributed by atoms with Crippen molar-refractivity contribution in [2.75, 3.05) is 0 Å². The first-order chi connectivity index (χ1) is 9.69. The second-order valence-electron chi connectivity index (χ2n) is 6.23. The smallest absolute Gasteiger partial charge is 0.234 e. The summed E-state index contributed by atoms with van der Waals surface area (Å²) in [6.07, 6.45) is 10.6. The number of nitriles is 1. The Hall–Kier alpha value is -1.63. The Bertz CT molecular complexity index is 469. The lowest BCUT2D eigenvalue weighted by molar-refractivity contribution is -0.145. The molecule has 1 aliphatic heterocycles. The van der Waals surface area contributed by atoms with E-state index in [2.05, 4.69) is 6.07 Å². The number of hydrogen-bond donors (Lipinski definition) is 0. The van der Waals surface area contributed by atoms with Crippen molar-refractivity contribution in [3.8, 4) is 6.07 Å². The van der Waals surface area contributed by atoms with Gasteiger partial charge in [0, 0.05) is 0 Å². The molecule has 4 nitrogen and oxygen atoms in total. The predicted octanol–water partition coefficient (Wildman–Crippen LogP) is 2.55. The zero-order valence-corrected chi connectivity index (χ0v) is 11.7. The molecular weight excluding hydrogens is 252 g/mol. The molecule has 2 fully saturated rings. The Kier molecular flexibility index (Phi) is 3.37. The summed E-state index contributed by atoms with van der Waals surface area (Å²) in [5.74, 6) is -0.650. The number of fused-ring (bicyclic) bond motifs is 1. The molecule has 0 N–H and O–H groups in total. The lowest BCUT2D eigenvalue weighted by Crippen LogP contribution is -2.51. The Labute approximate surface area is 119 Å². The van der Waals surface area contributed by atoms with Crippen LogP contribution in [0.4, 0.5) is 0 Å². The molecule has 2 aliphatic carbocycles. The van der Waals surface area contributed by atoms with Gasteiger partial charge in [-0.05, 0) is 25.7 Å². The molecule has 2 amide bonds. The van der Waals surface area contributed by atoms with Crippen molar-refractivity contribution >= 4 is 11.8 Å². The highest BCUT2D eigenvalue weighted by Gasteiger charge is 2.55. The van der Waals surface area contributed by atoms with Crippen molar-refractivity contribution in [3.05, 3.63) is 12.2 Å². The van der Waals surface area contributed by atoms with E-state index >= 15 is 0 Å². The molecule has 0 aromatic heterocycles. The van der Waals surface area contributed by atoms with Gasteiger partial charge in [0.25, 0.3) is 0 Å². The molecule has 1 saturated carbocycles. The van der Waals surface area contributed by atoms with E-state index in [1.54, 1.807) is 0 Å². The van der Waals surface area contributed by atoms with E-state index in [4.69, 9.17) is 0 Å². The van der Waals surface area contributed by atoms with E-state index in [0.717, 1.165) is 25.7 Å². The molecule has 1 saturated heterocycles. The summed E-state index contributed by atoms with van der Waals surface area (Å²) >= 11 is 0. The number of hydrogen-bond acceptors (Lipinski definition) is 3. The molecule has 0 spiro atoms. The van der Waals surface area contributed by atoms with E-state index in [9.17, 15) is 14.9 Å². The standard InChI is InChI=1S/C16H20N2O2/c17-11-16(9-5-1-2-6-10-16)18-14(19)12-7-3-4-8-13(12)15(18)20/h3-4,12-13H,1-2,5-10H2. The first-order valence-electron chi connectivity index (χ1n) is 7.64. The van der Waals surface area contributed by atoms with Gasteiger partial charge in [-0.2, -0.15) is 5.26 Å². The van der Waals surface area contributed by atoms with Gasteiger partial charge in [0.15, 0.2) is 0 Å². The lowest BCUT2D eigenvalue weighted by Gasteiger charge is -2.34. The lowest BCUT2D eigenvalue weighted by atomic mass is 9.85. The summed E-state index contributed by atoms with van der Waals surface area (Å²) in [6, 6.07) is 2.33. The zero-order chi connectivity index (χ0) is 14.2. The Morgan fingerprint density at radius 2 is 1.50 bits per heavy atom. The van der Waals surface area contributed by atoms with Crippen LogP contribution in [0.15, 0.2) is 12.2 Å². The van der Waals surface area contributed by atoms with Gasteiger partial charge in [0.05, 0.1) is 17.9 Å². The van der Waals surface area contributed by atoms with Crippen molar-refractivity contribution in [2.45, 2.75) is 56.9 Å². The number of carbonyl (C=O) groups is 2. The summed E-state index contributed by atoms with van der Waals surface area (Å²) in [7, 11) is 0. The van der Waals surface area contributed by atoms with Crippen LogP contribution in [0.3, 0.4) is 0 Å². The van der Waals surface area contributed by atoms with Crippen LogP contribution < -0.4 is 0 Å². The third-order valence-electron chi connectivity index (χ3n) is 5.07. The van der Waals surface area contributed by atoms with Crippen molar-refractivity contribution in [3.63, 3.8) is 0 Å². The Morgan fingerprint density at radius 1 is 1.00 bits per heavy atom. The molecule has 0 aromatic carbocycles. The maximum atomic E-state index is 12.6. The minimum absolute atomic E-state index is 0.104. The first-order valence-corrected chi connectivity index (χ1v) is 7.64. The monoisotopic (exact) mass is 272 g/mol. The number of amides is 2. The summed E-state index contributed by atoms with van der Waals surface area (Å²) in [4.78, 5) is 26.7. The second-order valence-corrected chi connectivity index (χ2v) is 6.23. The summed E-state index contributed by atoms with van der Waals surface area (Å²) in [6.45, 7) is 0. The van der Waals surface area contributed by atoms with E-state index in [0.29, 0.717) is 25.7 Å². The normalized spacial score (nSPS) is 32.6. The van der Waals surface area contributed by atoms with Gasteiger partial charge in [-0.15, -0.1) is 0 Å². The van der Waals surface area contributed by atoms with Gasteiger partial charge < -0.3 is 0 Å². The average Bonchev–Trinajstić information content (AvgIpc) is 2.66. The highest BCUT2D eigenvalue weighted by molar-refractivity contribution is 6.06. The number of allylic oxidation sites excluding steroid dienone is 2. The quantitative estimate of drug-likeness (QED) is 0.418. The maximum absolute atomic E-state index is 12.6. The molecule has 4 heteroatoms. The minimum Gasteiger partial charge on any atom is -0.274 e. The van der Waals surface area contributed by atoms with Crippen LogP contribution in [0.25, 0.3) is 0 Å². The van der Waals surface area contributed by atoms with Gasteiger partial charge in [0.2, 0.25) is 11.8 Å². The third-order valence-corrected chi connectivity index (χ3v) is 5.07. The van der Waals surface area contributed by atoms with Gasteiger partial charge in [-0.1, -0.05) is 37.8 Å². The number of imide groups is 1. The molecule has 0 bridgehead atoms. The van der Waals surface area contributed by atoms with E-state index < -0.39 is 5.54 Å². The summed E-state index contributed by atoms with van der Waals surface area (Å²) in [5.41, 5.74) is -0.873. The molecule has 106 valence electrons. The molecule has 3 rings (SSSR count). The molecule has 3 aliphatic rings. The number of rotatable bonds is 1. The Balaban J connectivity index is 1.94. The van der Waals surface area contributed by atoms with Crippen molar-refractivity contribution in [1.82, 2.24) is 4.90 Å². The highest BCUT2D eigenvalue weighted by Crippen LogP contribution is 2.42. The molecule has 0 aromatic rings. The highest BCUT2D eigenvalue weighted by atomic mass is 16.2. The molecule has 1 heterocycles. The molecule has 2 atom stereocenters. The average molecular weight is 272 g/mol. The van der Waals surface area contributed by atoms with Gasteiger partial charge in [-0.25, -0.2) is 0 Å². The summed E-state index contributed by atoms with van der Waals surface area (Å²) < 4.78 is 0. The molecule has 0 radical (unpaired) electrons. The van der Waals surface area contributed by atoms with Gasteiger partial charge in [-0.3, -0.25) is 14.5 Å². The fourth-order valence-corrected chi connectivity index (χ4v) is 3.92. The predicted molar refractivity (Wildman–Crippen MR) is 73.3 cm³/mol. The molecule has 2 unspecified atom stereocenters. The second kappa shape index (κ2) is 5.05. The van der Waals surface area contributed by atoms with Crippen LogP contribution in [0, 0.1) is 23.2 Å². The van der Waals surface area contributed by atoms with Crippen LogP contribution in [0.1, 0.15) is 51.4 Å². The van der Waals surface area contributed by atoms with E-state index in [1.807, 2.05) is 12.2 Å². The van der Waals surface area contributed by atoms with Crippen LogP contribution in [-0.4, -0.2) is 22.3 Å². The van der Waals surface area contributed by atoms with Crippen molar-refractivity contribution < 1.29 is 9.59 Å². The number of carbonyl (C=O) groups excluding carboxylic acids is 2. The van der Waals surface area contributed by atoms with E-state index in [1.165, 1.54) is 4.90 Å². The van der Waals surface area contributed by atoms with Crippen LogP contribution in [-0.2, 0) is 9.59 Å².